The number of aromatic nitrogens is 2. The van der Waals surface area contributed by atoms with Crippen LogP contribution in [0.2, 0.25) is 0 Å². The molecule has 0 aliphatic rings. The molecule has 0 amide bonds. The summed E-state index contributed by atoms with van der Waals surface area (Å²) in [6.45, 7) is 0. The Kier molecular flexibility index (Phi) is 5.58. The molecule has 0 aliphatic heterocycles. The lowest BCUT2D eigenvalue weighted by molar-refractivity contribution is 0.102. The highest BCUT2D eigenvalue weighted by molar-refractivity contribution is 7.90. The van der Waals surface area contributed by atoms with Crippen molar-refractivity contribution in [2.24, 2.45) is 0 Å². The van der Waals surface area contributed by atoms with Crippen molar-refractivity contribution in [3.63, 3.8) is 0 Å². The van der Waals surface area contributed by atoms with Gasteiger partial charge in [0.1, 0.15) is 0 Å². The maximum atomic E-state index is 13.6. The number of rotatable bonds is 7. The van der Waals surface area contributed by atoms with E-state index >= 15 is 0 Å². The molecule has 0 saturated carbocycles. The second-order valence-electron chi connectivity index (χ2n) is 6.75. The van der Waals surface area contributed by atoms with Crippen molar-refractivity contribution in [2.45, 2.75) is 4.90 Å². The van der Waals surface area contributed by atoms with Gasteiger partial charge in [0.2, 0.25) is 11.5 Å². The van der Waals surface area contributed by atoms with E-state index in [0.717, 1.165) is 3.97 Å². The highest BCUT2D eigenvalue weighted by Crippen LogP contribution is 2.39. The van der Waals surface area contributed by atoms with E-state index in [9.17, 15) is 13.2 Å². The zero-order valence-corrected chi connectivity index (χ0v) is 18.4. The molecule has 164 valence electrons. The largest absolute Gasteiger partial charge is 0.493 e. The number of benzene rings is 3. The molecule has 32 heavy (non-hydrogen) atoms. The number of hydrogen-bond acceptors (Lipinski definition) is 7. The Morgan fingerprint density at radius 3 is 2.03 bits per heavy atom. The minimum Gasteiger partial charge on any atom is -0.493 e. The van der Waals surface area contributed by atoms with E-state index in [1.165, 1.54) is 45.6 Å². The molecule has 0 saturated heterocycles. The zero-order chi connectivity index (χ0) is 22.9. The Balaban J connectivity index is 1.97. The van der Waals surface area contributed by atoms with Gasteiger partial charge in [-0.05, 0) is 36.4 Å². The fourth-order valence-corrected chi connectivity index (χ4v) is 4.91. The number of nitrogens with zero attached hydrogens (tertiary/aromatic N) is 2. The van der Waals surface area contributed by atoms with Crippen LogP contribution in [0.3, 0.4) is 0 Å². The Morgan fingerprint density at radius 1 is 0.844 bits per heavy atom. The van der Waals surface area contributed by atoms with E-state index in [4.69, 9.17) is 14.2 Å². The van der Waals surface area contributed by atoms with Gasteiger partial charge in [0.25, 0.3) is 10.0 Å². The molecule has 0 unspecified atom stereocenters. The number of carbonyl (C=O) groups is 1. The Labute approximate surface area is 185 Å². The molecule has 0 atom stereocenters. The Morgan fingerprint density at radius 2 is 1.44 bits per heavy atom. The normalized spacial score (nSPS) is 11.3. The lowest BCUT2D eigenvalue weighted by Gasteiger charge is -2.14. The van der Waals surface area contributed by atoms with Crippen LogP contribution in [0.4, 0.5) is 0 Å². The fourth-order valence-electron chi connectivity index (χ4n) is 3.43. The van der Waals surface area contributed by atoms with E-state index < -0.39 is 15.8 Å². The lowest BCUT2D eigenvalue weighted by Crippen LogP contribution is -2.20. The van der Waals surface area contributed by atoms with E-state index in [2.05, 4.69) is 4.98 Å². The predicted molar refractivity (Wildman–Crippen MR) is 118 cm³/mol. The summed E-state index contributed by atoms with van der Waals surface area (Å²) < 4.78 is 44.0. The maximum Gasteiger partial charge on any atom is 0.270 e. The van der Waals surface area contributed by atoms with Crippen LogP contribution < -0.4 is 14.2 Å². The number of fused-ring (bicyclic) bond motifs is 1. The van der Waals surface area contributed by atoms with Crippen LogP contribution in [0.5, 0.6) is 17.2 Å². The SMILES string of the molecule is COc1cc(C(=O)c2nc3ccccc3n2S(=O)(=O)c2ccccc2)cc(OC)c1OC. The third-order valence-electron chi connectivity index (χ3n) is 4.93. The molecular formula is C23H20N2O6S. The molecule has 0 bridgehead atoms. The van der Waals surface area contributed by atoms with E-state index in [0.29, 0.717) is 16.8 Å². The van der Waals surface area contributed by atoms with Gasteiger partial charge >= 0.3 is 0 Å². The van der Waals surface area contributed by atoms with Gasteiger partial charge in [-0.1, -0.05) is 30.3 Å². The third-order valence-corrected chi connectivity index (χ3v) is 6.65. The minimum atomic E-state index is -4.10. The van der Waals surface area contributed by atoms with E-state index in [1.54, 1.807) is 42.5 Å². The molecule has 0 aliphatic carbocycles. The number of ketones is 1. The van der Waals surface area contributed by atoms with Gasteiger partial charge in [0, 0.05) is 5.56 Å². The van der Waals surface area contributed by atoms with Crippen LogP contribution in [-0.4, -0.2) is 44.5 Å². The molecule has 4 rings (SSSR count). The number of imidazole rings is 1. The molecule has 0 N–H and O–H groups in total. The molecule has 9 heteroatoms. The standard InChI is InChI=1S/C23H20N2O6S/c1-29-19-13-15(14-20(30-2)22(19)31-3)21(26)23-24-17-11-7-8-12-18(17)25(23)32(27,28)16-9-5-4-6-10-16/h4-14H,1-3H3. The molecule has 3 aromatic carbocycles. The lowest BCUT2D eigenvalue weighted by atomic mass is 10.1. The molecular weight excluding hydrogens is 432 g/mol. The smallest absolute Gasteiger partial charge is 0.270 e. The molecule has 1 heterocycles. The quantitative estimate of drug-likeness (QED) is 0.396. The number of ether oxygens (including phenoxy) is 3. The first-order valence-electron chi connectivity index (χ1n) is 9.55. The summed E-state index contributed by atoms with van der Waals surface area (Å²) in [5.41, 5.74) is 0.814. The summed E-state index contributed by atoms with van der Waals surface area (Å²) in [5.74, 6) is -0.00574. The minimum absolute atomic E-state index is 0.0436. The molecule has 0 spiro atoms. The zero-order valence-electron chi connectivity index (χ0n) is 17.6. The van der Waals surface area contributed by atoms with Gasteiger partial charge in [0.05, 0.1) is 37.3 Å². The molecule has 0 radical (unpaired) electrons. The number of hydrogen-bond donors (Lipinski definition) is 0. The van der Waals surface area contributed by atoms with Crippen molar-refractivity contribution in [3.05, 3.63) is 78.1 Å². The number of carbonyl (C=O) groups excluding carboxylic acids is 1. The second-order valence-corrected chi connectivity index (χ2v) is 8.54. The van der Waals surface area contributed by atoms with Crippen LogP contribution in [0, 0.1) is 0 Å². The third kappa shape index (κ3) is 3.46. The second kappa shape index (κ2) is 8.35. The summed E-state index contributed by atoms with van der Waals surface area (Å²) in [6.07, 6.45) is 0. The average Bonchev–Trinajstić information content (AvgIpc) is 3.23. The number of methoxy groups -OCH3 is 3. The van der Waals surface area contributed by atoms with Gasteiger partial charge in [-0.3, -0.25) is 4.79 Å². The topological polar surface area (TPSA) is 96.7 Å². The van der Waals surface area contributed by atoms with Gasteiger partial charge in [-0.15, -0.1) is 0 Å². The van der Waals surface area contributed by atoms with Gasteiger partial charge in [-0.2, -0.15) is 0 Å². The van der Waals surface area contributed by atoms with Crippen LogP contribution in [-0.2, 0) is 10.0 Å². The van der Waals surface area contributed by atoms with Crippen LogP contribution in [0.15, 0.2) is 71.6 Å². The van der Waals surface area contributed by atoms with Gasteiger partial charge in [-0.25, -0.2) is 17.4 Å². The van der Waals surface area contributed by atoms with Crippen molar-refractivity contribution < 1.29 is 27.4 Å². The van der Waals surface area contributed by atoms with Crippen molar-refractivity contribution in [1.29, 1.82) is 0 Å². The predicted octanol–water partition coefficient (Wildman–Crippen LogP) is 3.53. The van der Waals surface area contributed by atoms with Crippen molar-refractivity contribution in [3.8, 4) is 17.2 Å². The molecule has 1 aromatic heterocycles. The van der Waals surface area contributed by atoms with Crippen LogP contribution >= 0.6 is 0 Å². The van der Waals surface area contributed by atoms with Gasteiger partial charge in [0.15, 0.2) is 17.3 Å². The first-order chi connectivity index (χ1) is 15.4. The Bertz CT molecular complexity index is 1390. The number of para-hydroxylation sites is 2. The molecule has 4 aromatic rings. The van der Waals surface area contributed by atoms with E-state index in [-0.39, 0.29) is 27.8 Å². The molecule has 8 nitrogen and oxygen atoms in total. The van der Waals surface area contributed by atoms with Crippen molar-refractivity contribution in [2.75, 3.05) is 21.3 Å². The molecule has 0 fully saturated rings. The summed E-state index contributed by atoms with van der Waals surface area (Å²) >= 11 is 0. The highest BCUT2D eigenvalue weighted by atomic mass is 32.2. The summed E-state index contributed by atoms with van der Waals surface area (Å²) in [7, 11) is 0.211. The highest BCUT2D eigenvalue weighted by Gasteiger charge is 2.29. The van der Waals surface area contributed by atoms with E-state index in [1.807, 2.05) is 0 Å². The maximum absolute atomic E-state index is 13.6. The average molecular weight is 452 g/mol. The van der Waals surface area contributed by atoms with Gasteiger partial charge < -0.3 is 14.2 Å². The first-order valence-corrected chi connectivity index (χ1v) is 11.0. The Hall–Kier alpha value is -3.85. The fraction of sp³-hybridized carbons (Fsp3) is 0.130. The van der Waals surface area contributed by atoms with Crippen LogP contribution in [0.25, 0.3) is 11.0 Å². The monoisotopic (exact) mass is 452 g/mol. The summed E-state index contributed by atoms with van der Waals surface area (Å²) in [4.78, 5) is 18.0. The van der Waals surface area contributed by atoms with Crippen molar-refractivity contribution in [1.82, 2.24) is 8.96 Å². The summed E-state index contributed by atoms with van der Waals surface area (Å²) in [5, 5.41) is 0. The van der Waals surface area contributed by atoms with Crippen LogP contribution in [0.1, 0.15) is 16.2 Å². The first kappa shape index (κ1) is 21.4. The van der Waals surface area contributed by atoms with Crippen molar-refractivity contribution >= 4 is 26.8 Å². The summed E-state index contributed by atoms with van der Waals surface area (Å²) in [6, 6.07) is 17.5.